The summed E-state index contributed by atoms with van der Waals surface area (Å²) in [7, 11) is 0. The average Bonchev–Trinajstić information content (AvgIpc) is 2.38. The van der Waals surface area contributed by atoms with Gasteiger partial charge in [0.15, 0.2) is 0 Å². The van der Waals surface area contributed by atoms with Crippen LogP contribution in [0.25, 0.3) is 0 Å². The van der Waals surface area contributed by atoms with Gasteiger partial charge in [0.1, 0.15) is 11.3 Å². The van der Waals surface area contributed by atoms with Gasteiger partial charge in [0.05, 0.1) is 12.3 Å². The molecule has 108 valence electrons. The van der Waals surface area contributed by atoms with Crippen molar-refractivity contribution in [2.24, 2.45) is 5.73 Å². The SMILES string of the molecule is CCCCOc1cccc(NC(=O)C(=O)O)c1C(N)=O. The summed E-state index contributed by atoms with van der Waals surface area (Å²) in [6, 6.07) is 4.45. The van der Waals surface area contributed by atoms with Gasteiger partial charge in [-0.3, -0.25) is 9.59 Å². The molecule has 1 aromatic carbocycles. The Morgan fingerprint density at radius 3 is 2.60 bits per heavy atom. The largest absolute Gasteiger partial charge is 0.493 e. The molecule has 0 aromatic heterocycles. The van der Waals surface area contributed by atoms with Crippen molar-refractivity contribution in [1.29, 1.82) is 0 Å². The zero-order valence-electron chi connectivity index (χ0n) is 11.0. The molecular formula is C13H16N2O5. The zero-order valence-corrected chi connectivity index (χ0v) is 11.0. The molecule has 0 saturated carbocycles. The first-order valence-corrected chi connectivity index (χ1v) is 6.07. The van der Waals surface area contributed by atoms with E-state index in [9.17, 15) is 14.4 Å². The number of ether oxygens (including phenoxy) is 1. The predicted octanol–water partition coefficient (Wildman–Crippen LogP) is 0.988. The zero-order chi connectivity index (χ0) is 15.1. The van der Waals surface area contributed by atoms with Gasteiger partial charge in [-0.1, -0.05) is 19.4 Å². The number of aliphatic carboxylic acids is 1. The van der Waals surface area contributed by atoms with Crippen molar-refractivity contribution in [3.8, 4) is 5.75 Å². The highest BCUT2D eigenvalue weighted by atomic mass is 16.5. The van der Waals surface area contributed by atoms with E-state index in [4.69, 9.17) is 15.6 Å². The Labute approximate surface area is 115 Å². The van der Waals surface area contributed by atoms with E-state index < -0.39 is 17.8 Å². The van der Waals surface area contributed by atoms with Crippen molar-refractivity contribution < 1.29 is 24.2 Å². The molecule has 0 bridgehead atoms. The van der Waals surface area contributed by atoms with Crippen molar-refractivity contribution >= 4 is 23.5 Å². The fourth-order valence-corrected chi connectivity index (χ4v) is 1.51. The molecule has 0 fully saturated rings. The van der Waals surface area contributed by atoms with Crippen LogP contribution < -0.4 is 15.8 Å². The van der Waals surface area contributed by atoms with Gasteiger partial charge in [-0.25, -0.2) is 4.79 Å². The Bertz CT molecular complexity index is 527. The minimum atomic E-state index is -1.65. The molecule has 0 heterocycles. The van der Waals surface area contributed by atoms with Crippen molar-refractivity contribution in [2.75, 3.05) is 11.9 Å². The van der Waals surface area contributed by atoms with E-state index in [0.29, 0.717) is 6.61 Å². The molecule has 4 N–H and O–H groups in total. The second kappa shape index (κ2) is 7.13. The Kier molecular flexibility index (Phi) is 5.52. The number of unbranched alkanes of at least 4 members (excludes halogenated alkanes) is 1. The summed E-state index contributed by atoms with van der Waals surface area (Å²) in [5.41, 5.74) is 5.22. The molecular weight excluding hydrogens is 264 g/mol. The van der Waals surface area contributed by atoms with Crippen LogP contribution >= 0.6 is 0 Å². The van der Waals surface area contributed by atoms with Gasteiger partial charge in [-0.15, -0.1) is 0 Å². The molecule has 1 aromatic rings. The number of carbonyl (C=O) groups excluding carboxylic acids is 2. The highest BCUT2D eigenvalue weighted by molar-refractivity contribution is 6.36. The van der Waals surface area contributed by atoms with E-state index >= 15 is 0 Å². The first-order valence-electron chi connectivity index (χ1n) is 6.07. The van der Waals surface area contributed by atoms with Crippen molar-refractivity contribution in [3.05, 3.63) is 23.8 Å². The van der Waals surface area contributed by atoms with E-state index in [1.807, 2.05) is 6.92 Å². The second-order valence-electron chi connectivity index (χ2n) is 4.00. The highest BCUT2D eigenvalue weighted by Gasteiger charge is 2.19. The van der Waals surface area contributed by atoms with Gasteiger partial charge in [0.2, 0.25) is 0 Å². The lowest BCUT2D eigenvalue weighted by Gasteiger charge is -2.13. The molecule has 1 rings (SSSR count). The molecule has 0 aliphatic heterocycles. The van der Waals surface area contributed by atoms with E-state index in [1.54, 1.807) is 0 Å². The van der Waals surface area contributed by atoms with Crippen LogP contribution in [-0.4, -0.2) is 29.5 Å². The lowest BCUT2D eigenvalue weighted by molar-refractivity contribution is -0.147. The summed E-state index contributed by atoms with van der Waals surface area (Å²) in [6.07, 6.45) is 1.71. The maximum absolute atomic E-state index is 11.5. The fourth-order valence-electron chi connectivity index (χ4n) is 1.51. The topological polar surface area (TPSA) is 119 Å². The number of rotatable bonds is 6. The lowest BCUT2D eigenvalue weighted by atomic mass is 10.1. The van der Waals surface area contributed by atoms with Gasteiger partial charge in [0, 0.05) is 0 Å². The van der Waals surface area contributed by atoms with Gasteiger partial charge < -0.3 is 20.9 Å². The number of amides is 2. The quantitative estimate of drug-likeness (QED) is 0.530. The Morgan fingerprint density at radius 1 is 1.35 bits per heavy atom. The number of hydrogen-bond acceptors (Lipinski definition) is 4. The van der Waals surface area contributed by atoms with Crippen LogP contribution in [0.3, 0.4) is 0 Å². The van der Waals surface area contributed by atoms with Crippen LogP contribution in [0.2, 0.25) is 0 Å². The van der Waals surface area contributed by atoms with Crippen LogP contribution in [0.15, 0.2) is 18.2 Å². The summed E-state index contributed by atoms with van der Waals surface area (Å²) in [5.74, 6) is -3.50. The number of hydrogen-bond donors (Lipinski definition) is 3. The van der Waals surface area contributed by atoms with Gasteiger partial charge >= 0.3 is 11.9 Å². The number of nitrogens with two attached hydrogens (primary N) is 1. The van der Waals surface area contributed by atoms with Crippen LogP contribution in [0.5, 0.6) is 5.75 Å². The molecule has 0 radical (unpaired) electrons. The highest BCUT2D eigenvalue weighted by Crippen LogP contribution is 2.26. The van der Waals surface area contributed by atoms with Crippen LogP contribution in [0, 0.1) is 0 Å². The number of carboxylic acids is 1. The summed E-state index contributed by atoms with van der Waals surface area (Å²) in [4.78, 5) is 33.1. The van der Waals surface area contributed by atoms with Gasteiger partial charge in [-0.05, 0) is 18.6 Å². The summed E-state index contributed by atoms with van der Waals surface area (Å²) < 4.78 is 5.42. The maximum Gasteiger partial charge on any atom is 0.394 e. The molecule has 7 nitrogen and oxygen atoms in total. The Balaban J connectivity index is 3.05. The van der Waals surface area contributed by atoms with Crippen LogP contribution in [0.4, 0.5) is 5.69 Å². The summed E-state index contributed by atoms with van der Waals surface area (Å²) in [6.45, 7) is 2.38. The van der Waals surface area contributed by atoms with E-state index in [-0.39, 0.29) is 17.0 Å². The molecule has 20 heavy (non-hydrogen) atoms. The second-order valence-corrected chi connectivity index (χ2v) is 4.00. The predicted molar refractivity (Wildman–Crippen MR) is 71.6 cm³/mol. The normalized spacial score (nSPS) is 9.85. The fraction of sp³-hybridized carbons (Fsp3) is 0.308. The van der Waals surface area contributed by atoms with E-state index in [2.05, 4.69) is 5.32 Å². The minimum Gasteiger partial charge on any atom is -0.493 e. The molecule has 0 spiro atoms. The van der Waals surface area contributed by atoms with Crippen LogP contribution in [-0.2, 0) is 9.59 Å². The molecule has 0 saturated heterocycles. The smallest absolute Gasteiger partial charge is 0.394 e. The first kappa shape index (κ1) is 15.5. The molecule has 0 unspecified atom stereocenters. The van der Waals surface area contributed by atoms with Gasteiger partial charge in [-0.2, -0.15) is 0 Å². The minimum absolute atomic E-state index is 0.0129. The number of carboxylic acid groups (broad SMARTS) is 1. The third-order valence-electron chi connectivity index (χ3n) is 2.47. The third-order valence-corrected chi connectivity index (χ3v) is 2.47. The number of anilines is 1. The Hall–Kier alpha value is -2.57. The van der Waals surface area contributed by atoms with Crippen molar-refractivity contribution in [2.45, 2.75) is 19.8 Å². The average molecular weight is 280 g/mol. The number of nitrogens with one attached hydrogen (secondary N) is 1. The molecule has 7 heteroatoms. The van der Waals surface area contributed by atoms with Crippen LogP contribution in [0.1, 0.15) is 30.1 Å². The molecule has 0 aliphatic rings. The summed E-state index contributed by atoms with van der Waals surface area (Å²) in [5, 5.41) is 10.7. The number of benzene rings is 1. The third kappa shape index (κ3) is 3.98. The maximum atomic E-state index is 11.5. The number of carbonyl (C=O) groups is 3. The number of primary amides is 1. The lowest BCUT2D eigenvalue weighted by Crippen LogP contribution is -2.24. The van der Waals surface area contributed by atoms with Crippen molar-refractivity contribution in [1.82, 2.24) is 0 Å². The molecule has 0 atom stereocenters. The van der Waals surface area contributed by atoms with E-state index in [1.165, 1.54) is 18.2 Å². The Morgan fingerprint density at radius 2 is 2.05 bits per heavy atom. The first-order chi connectivity index (χ1) is 9.47. The van der Waals surface area contributed by atoms with E-state index in [0.717, 1.165) is 12.8 Å². The summed E-state index contributed by atoms with van der Waals surface area (Å²) >= 11 is 0. The van der Waals surface area contributed by atoms with Crippen molar-refractivity contribution in [3.63, 3.8) is 0 Å². The molecule has 0 aliphatic carbocycles. The standard InChI is InChI=1S/C13H16N2O5/c1-2-3-7-20-9-6-4-5-8(10(9)11(14)16)15-12(17)13(18)19/h4-6H,2-3,7H2,1H3,(H2,14,16)(H,15,17)(H,18,19). The molecule has 2 amide bonds. The monoisotopic (exact) mass is 280 g/mol. The van der Waals surface area contributed by atoms with Gasteiger partial charge in [0.25, 0.3) is 5.91 Å².